The number of aromatic nitrogens is 2. The zero-order valence-corrected chi connectivity index (χ0v) is 14.7. The minimum absolute atomic E-state index is 0.00289. The van der Waals surface area contributed by atoms with Gasteiger partial charge in [0, 0.05) is 6.42 Å². The smallest absolute Gasteiger partial charge is 0.307 e. The van der Waals surface area contributed by atoms with Crippen LogP contribution in [0.3, 0.4) is 0 Å². The van der Waals surface area contributed by atoms with Crippen molar-refractivity contribution in [1.82, 2.24) is 15.3 Å². The fourth-order valence-electron chi connectivity index (χ4n) is 2.51. The van der Waals surface area contributed by atoms with Crippen molar-refractivity contribution in [2.75, 3.05) is 0 Å². The molecule has 1 amide bonds. The summed E-state index contributed by atoms with van der Waals surface area (Å²) >= 11 is 0. The molecular formula is C19H19N3O5. The van der Waals surface area contributed by atoms with E-state index in [9.17, 15) is 14.4 Å². The number of rotatable bonds is 7. The summed E-state index contributed by atoms with van der Waals surface area (Å²) in [4.78, 5) is 42.9. The molecule has 8 nitrogen and oxygen atoms in total. The molecule has 3 aromatic rings. The third-order valence-corrected chi connectivity index (χ3v) is 3.92. The molecule has 0 saturated heterocycles. The molecule has 0 unspecified atom stereocenters. The molecule has 0 spiro atoms. The summed E-state index contributed by atoms with van der Waals surface area (Å²) in [7, 11) is 0. The van der Waals surface area contributed by atoms with Crippen LogP contribution in [0.25, 0.3) is 10.9 Å². The second kappa shape index (κ2) is 8.31. The number of furan rings is 1. The summed E-state index contributed by atoms with van der Waals surface area (Å²) in [6.07, 6.45) is 0.781. The maximum absolute atomic E-state index is 12.0. The normalized spacial score (nSPS) is 11.9. The van der Waals surface area contributed by atoms with E-state index in [-0.39, 0.29) is 24.9 Å². The Hall–Kier alpha value is -3.42. The van der Waals surface area contributed by atoms with E-state index in [0.717, 1.165) is 0 Å². The van der Waals surface area contributed by atoms with Crippen molar-refractivity contribution < 1.29 is 18.7 Å². The van der Waals surface area contributed by atoms with Crippen molar-refractivity contribution in [3.63, 3.8) is 0 Å². The summed E-state index contributed by atoms with van der Waals surface area (Å²) < 4.78 is 10.2. The average Bonchev–Trinajstić information content (AvgIpc) is 3.18. The molecule has 8 heteroatoms. The number of carbonyl (C=O) groups excluding carboxylic acids is 2. The molecule has 0 saturated carbocycles. The summed E-state index contributed by atoms with van der Waals surface area (Å²) in [5.74, 6) is 0.0298. The molecule has 27 heavy (non-hydrogen) atoms. The lowest BCUT2D eigenvalue weighted by atomic mass is 10.2. The monoisotopic (exact) mass is 369 g/mol. The fraction of sp³-hybridized carbons (Fsp3) is 0.263. The first-order valence-corrected chi connectivity index (χ1v) is 8.50. The summed E-state index contributed by atoms with van der Waals surface area (Å²) in [5, 5.41) is 3.11. The summed E-state index contributed by atoms with van der Waals surface area (Å²) in [6, 6.07) is 10.4. The number of ether oxygens (including phenoxy) is 1. The highest BCUT2D eigenvalue weighted by Crippen LogP contribution is 2.07. The van der Waals surface area contributed by atoms with Crippen molar-refractivity contribution in [3.8, 4) is 0 Å². The highest BCUT2D eigenvalue weighted by Gasteiger charge is 2.18. The van der Waals surface area contributed by atoms with Gasteiger partial charge >= 0.3 is 5.97 Å². The van der Waals surface area contributed by atoms with Gasteiger partial charge in [-0.2, -0.15) is 0 Å². The van der Waals surface area contributed by atoms with Gasteiger partial charge in [0.05, 0.1) is 30.1 Å². The van der Waals surface area contributed by atoms with Gasteiger partial charge in [0.2, 0.25) is 0 Å². The van der Waals surface area contributed by atoms with Crippen molar-refractivity contribution in [2.45, 2.75) is 32.4 Å². The Morgan fingerprint density at radius 3 is 2.85 bits per heavy atom. The van der Waals surface area contributed by atoms with Gasteiger partial charge in [-0.25, -0.2) is 4.98 Å². The number of H-pyrrole nitrogens is 1. The van der Waals surface area contributed by atoms with E-state index in [1.807, 2.05) is 0 Å². The number of nitrogens with zero attached hydrogens (tertiary/aromatic N) is 1. The molecular weight excluding hydrogens is 350 g/mol. The van der Waals surface area contributed by atoms with Gasteiger partial charge in [0.25, 0.3) is 11.5 Å². The molecule has 0 radical (unpaired) electrons. The fourth-order valence-corrected chi connectivity index (χ4v) is 2.51. The van der Waals surface area contributed by atoms with Gasteiger partial charge in [-0.15, -0.1) is 0 Å². The van der Waals surface area contributed by atoms with Crippen LogP contribution in [0.15, 0.2) is 51.9 Å². The van der Waals surface area contributed by atoms with E-state index in [4.69, 9.17) is 9.15 Å². The average molecular weight is 369 g/mol. The number of fused-ring (bicyclic) bond motifs is 1. The number of aryl methyl sites for hydroxylation is 1. The number of esters is 1. The molecule has 2 N–H and O–H groups in total. The minimum Gasteiger partial charge on any atom is -0.467 e. The van der Waals surface area contributed by atoms with Crippen LogP contribution >= 0.6 is 0 Å². The minimum atomic E-state index is -0.934. The molecule has 1 atom stereocenters. The topological polar surface area (TPSA) is 114 Å². The molecule has 0 aliphatic carbocycles. The lowest BCUT2D eigenvalue weighted by molar-refractivity contribution is -0.154. The first-order chi connectivity index (χ1) is 13.0. The van der Waals surface area contributed by atoms with Crippen LogP contribution in [0.1, 0.15) is 24.9 Å². The maximum atomic E-state index is 12.0. The van der Waals surface area contributed by atoms with Crippen LogP contribution in [0, 0.1) is 0 Å². The predicted octanol–water partition coefficient (Wildman–Crippen LogP) is 1.70. The molecule has 1 aromatic carbocycles. The number of nitrogens with one attached hydrogen (secondary N) is 2. The second-order valence-corrected chi connectivity index (χ2v) is 5.96. The van der Waals surface area contributed by atoms with Gasteiger partial charge in [-0.1, -0.05) is 12.1 Å². The Bertz CT molecular complexity index is 994. The zero-order valence-electron chi connectivity index (χ0n) is 14.7. The Morgan fingerprint density at radius 2 is 2.07 bits per heavy atom. The van der Waals surface area contributed by atoms with Gasteiger partial charge in [0.15, 0.2) is 6.10 Å². The van der Waals surface area contributed by atoms with Crippen LogP contribution in [0.4, 0.5) is 0 Å². The zero-order chi connectivity index (χ0) is 19.2. The number of hydrogen-bond acceptors (Lipinski definition) is 6. The van der Waals surface area contributed by atoms with E-state index < -0.39 is 18.0 Å². The van der Waals surface area contributed by atoms with Gasteiger partial charge in [-0.3, -0.25) is 14.4 Å². The summed E-state index contributed by atoms with van der Waals surface area (Å²) in [5.41, 5.74) is 0.310. The Morgan fingerprint density at radius 1 is 1.26 bits per heavy atom. The molecule has 2 heterocycles. The SMILES string of the molecule is C[C@H](OC(=O)CCc1nc2ccccc2c(=O)[nH]1)C(=O)NCc1ccco1. The standard InChI is InChI=1S/C19H19N3O5/c1-12(18(24)20-11-13-5-4-10-26-13)27-17(23)9-8-16-21-15-7-3-2-6-14(15)19(25)22-16/h2-7,10,12H,8-9,11H2,1H3,(H,20,24)(H,21,22,25)/t12-/m0/s1. The summed E-state index contributed by atoms with van der Waals surface area (Å²) in [6.45, 7) is 1.71. The number of carbonyl (C=O) groups is 2. The van der Waals surface area contributed by atoms with Crippen molar-refractivity contribution in [3.05, 3.63) is 64.6 Å². The Kier molecular flexibility index (Phi) is 5.65. The molecule has 0 fully saturated rings. The molecule has 3 rings (SSSR count). The maximum Gasteiger partial charge on any atom is 0.307 e. The first kappa shape index (κ1) is 18.4. The van der Waals surface area contributed by atoms with Crippen molar-refractivity contribution in [2.24, 2.45) is 0 Å². The van der Waals surface area contributed by atoms with Crippen LogP contribution < -0.4 is 10.9 Å². The highest BCUT2D eigenvalue weighted by atomic mass is 16.5. The third kappa shape index (κ3) is 4.81. The van der Waals surface area contributed by atoms with Crippen molar-refractivity contribution >= 4 is 22.8 Å². The molecule has 0 bridgehead atoms. The third-order valence-electron chi connectivity index (χ3n) is 3.92. The Labute approximate surface area is 154 Å². The van der Waals surface area contributed by atoms with E-state index in [1.54, 1.807) is 36.4 Å². The molecule has 2 aromatic heterocycles. The van der Waals surface area contributed by atoms with Gasteiger partial charge in [-0.05, 0) is 31.2 Å². The lowest BCUT2D eigenvalue weighted by Gasteiger charge is -2.13. The van der Waals surface area contributed by atoms with Crippen LogP contribution in [-0.4, -0.2) is 27.9 Å². The number of hydrogen-bond donors (Lipinski definition) is 2. The van der Waals surface area contributed by atoms with Gasteiger partial charge < -0.3 is 19.5 Å². The number of aromatic amines is 1. The van der Waals surface area contributed by atoms with Crippen LogP contribution in [-0.2, 0) is 27.3 Å². The second-order valence-electron chi connectivity index (χ2n) is 5.96. The van der Waals surface area contributed by atoms with Crippen LogP contribution in [0.5, 0.6) is 0 Å². The quantitative estimate of drug-likeness (QED) is 0.613. The van der Waals surface area contributed by atoms with E-state index >= 15 is 0 Å². The molecule has 0 aliphatic heterocycles. The number of benzene rings is 1. The first-order valence-electron chi connectivity index (χ1n) is 8.50. The van der Waals surface area contributed by atoms with Crippen LogP contribution in [0.2, 0.25) is 0 Å². The largest absolute Gasteiger partial charge is 0.467 e. The molecule has 0 aliphatic rings. The van der Waals surface area contributed by atoms with E-state index in [0.29, 0.717) is 22.5 Å². The predicted molar refractivity (Wildman–Crippen MR) is 96.8 cm³/mol. The Balaban J connectivity index is 1.50. The van der Waals surface area contributed by atoms with E-state index in [2.05, 4.69) is 15.3 Å². The lowest BCUT2D eigenvalue weighted by Crippen LogP contribution is -2.35. The van der Waals surface area contributed by atoms with Crippen molar-refractivity contribution in [1.29, 1.82) is 0 Å². The highest BCUT2D eigenvalue weighted by molar-refractivity contribution is 5.83. The molecule has 140 valence electrons. The van der Waals surface area contributed by atoms with E-state index in [1.165, 1.54) is 13.2 Å². The number of amides is 1. The number of para-hydroxylation sites is 1. The van der Waals surface area contributed by atoms with Gasteiger partial charge in [0.1, 0.15) is 11.6 Å².